The van der Waals surface area contributed by atoms with E-state index >= 15 is 0 Å². The van der Waals surface area contributed by atoms with Gasteiger partial charge in [0.15, 0.2) is 5.82 Å². The first-order chi connectivity index (χ1) is 16.0. The zero-order chi connectivity index (χ0) is 22.9. The first-order valence-electron chi connectivity index (χ1n) is 10.9. The van der Waals surface area contributed by atoms with Crippen molar-refractivity contribution in [3.8, 4) is 11.3 Å². The van der Waals surface area contributed by atoms with Gasteiger partial charge in [0.05, 0.1) is 5.69 Å². The third kappa shape index (κ3) is 4.41. The van der Waals surface area contributed by atoms with Gasteiger partial charge in [0, 0.05) is 47.7 Å². The number of fused-ring (bicyclic) bond motifs is 1. The number of amides is 1. The van der Waals surface area contributed by atoms with E-state index in [2.05, 4.69) is 20.3 Å². The lowest BCUT2D eigenvalue weighted by molar-refractivity contribution is -0.120. The number of rotatable bonds is 4. The Bertz CT molecular complexity index is 1310. The molecule has 6 nitrogen and oxygen atoms in total. The van der Waals surface area contributed by atoms with Crippen LogP contribution in [0.3, 0.4) is 0 Å². The number of nitrogens with one attached hydrogen (secondary N) is 1. The van der Waals surface area contributed by atoms with Crippen LogP contribution in [0.25, 0.3) is 16.8 Å². The molecule has 0 bridgehead atoms. The smallest absolute Gasteiger partial charge is 0.227 e. The molecule has 0 saturated carbocycles. The van der Waals surface area contributed by atoms with Gasteiger partial charge in [-0.1, -0.05) is 17.7 Å². The van der Waals surface area contributed by atoms with Gasteiger partial charge in [-0.15, -0.1) is 0 Å². The number of anilines is 2. The summed E-state index contributed by atoms with van der Waals surface area (Å²) in [6, 6.07) is 13.8. The van der Waals surface area contributed by atoms with E-state index in [9.17, 15) is 9.18 Å². The molecule has 0 spiro atoms. The number of piperidine rings is 1. The van der Waals surface area contributed by atoms with E-state index in [1.54, 1.807) is 35.1 Å². The molecule has 5 rings (SSSR count). The molecule has 3 heterocycles. The predicted octanol–water partition coefficient (Wildman–Crippen LogP) is 5.35. The fourth-order valence-electron chi connectivity index (χ4n) is 4.18. The van der Waals surface area contributed by atoms with Crippen LogP contribution in [-0.2, 0) is 4.79 Å². The Kier molecular flexibility index (Phi) is 5.72. The summed E-state index contributed by atoms with van der Waals surface area (Å²) in [5.74, 6) is 0.509. The van der Waals surface area contributed by atoms with Crippen LogP contribution in [0.15, 0.2) is 60.9 Å². The molecule has 33 heavy (non-hydrogen) atoms. The number of aryl methyl sites for hydroxylation is 1. The van der Waals surface area contributed by atoms with Gasteiger partial charge in [-0.2, -0.15) is 5.10 Å². The minimum absolute atomic E-state index is 0.0173. The second-order valence-corrected chi connectivity index (χ2v) is 8.74. The van der Waals surface area contributed by atoms with Crippen molar-refractivity contribution in [2.75, 3.05) is 23.3 Å². The van der Waals surface area contributed by atoms with Gasteiger partial charge >= 0.3 is 0 Å². The molecule has 0 unspecified atom stereocenters. The summed E-state index contributed by atoms with van der Waals surface area (Å²) in [6.45, 7) is 3.37. The highest BCUT2D eigenvalue weighted by Gasteiger charge is 2.27. The number of aromatic nitrogens is 3. The van der Waals surface area contributed by atoms with E-state index in [1.165, 1.54) is 12.1 Å². The highest BCUT2D eigenvalue weighted by molar-refractivity contribution is 6.31. The van der Waals surface area contributed by atoms with Gasteiger partial charge < -0.3 is 10.2 Å². The van der Waals surface area contributed by atoms with Crippen LogP contribution in [0.4, 0.5) is 15.9 Å². The lowest BCUT2D eigenvalue weighted by Crippen LogP contribution is -2.38. The SMILES string of the molecule is Cc1ccc(NC(=O)C2CCN(c3nccn4nc(-c5ccc(F)cc5)cc34)CC2)cc1Cl. The van der Waals surface area contributed by atoms with Crippen molar-refractivity contribution in [3.05, 3.63) is 77.3 Å². The summed E-state index contributed by atoms with van der Waals surface area (Å²) in [7, 11) is 0. The summed E-state index contributed by atoms with van der Waals surface area (Å²) in [4.78, 5) is 19.6. The summed E-state index contributed by atoms with van der Waals surface area (Å²) >= 11 is 6.18. The number of carbonyl (C=O) groups excluding carboxylic acids is 1. The Balaban J connectivity index is 1.29. The van der Waals surface area contributed by atoms with Gasteiger partial charge in [-0.05, 0) is 67.8 Å². The van der Waals surface area contributed by atoms with E-state index in [4.69, 9.17) is 11.6 Å². The Morgan fingerprint density at radius 2 is 1.88 bits per heavy atom. The Morgan fingerprint density at radius 3 is 2.61 bits per heavy atom. The zero-order valence-corrected chi connectivity index (χ0v) is 18.9. The number of hydrogen-bond donors (Lipinski definition) is 1. The van der Waals surface area contributed by atoms with Crippen molar-refractivity contribution in [2.24, 2.45) is 5.92 Å². The lowest BCUT2D eigenvalue weighted by atomic mass is 9.95. The minimum atomic E-state index is -0.276. The Labute approximate surface area is 196 Å². The number of carbonyl (C=O) groups is 1. The molecule has 0 aliphatic carbocycles. The van der Waals surface area contributed by atoms with Crippen molar-refractivity contribution in [1.82, 2.24) is 14.6 Å². The molecule has 2 aromatic heterocycles. The normalized spacial score (nSPS) is 14.6. The molecule has 0 atom stereocenters. The minimum Gasteiger partial charge on any atom is -0.355 e. The molecule has 168 valence electrons. The van der Waals surface area contributed by atoms with Crippen LogP contribution >= 0.6 is 11.6 Å². The fourth-order valence-corrected chi connectivity index (χ4v) is 4.36. The van der Waals surface area contributed by atoms with Gasteiger partial charge in [-0.25, -0.2) is 13.9 Å². The van der Waals surface area contributed by atoms with Crippen molar-refractivity contribution < 1.29 is 9.18 Å². The summed E-state index contributed by atoms with van der Waals surface area (Å²) in [6.07, 6.45) is 4.99. The summed E-state index contributed by atoms with van der Waals surface area (Å²) in [5, 5.41) is 8.26. The first-order valence-corrected chi connectivity index (χ1v) is 11.3. The fraction of sp³-hybridized carbons (Fsp3) is 0.240. The first kappa shape index (κ1) is 21.4. The van der Waals surface area contributed by atoms with E-state index < -0.39 is 0 Å². The van der Waals surface area contributed by atoms with E-state index in [0.717, 1.165) is 59.8 Å². The molecule has 1 N–H and O–H groups in total. The Hall–Kier alpha value is -3.45. The van der Waals surface area contributed by atoms with Gasteiger partial charge in [0.1, 0.15) is 11.3 Å². The maximum atomic E-state index is 13.3. The zero-order valence-electron chi connectivity index (χ0n) is 18.1. The van der Waals surface area contributed by atoms with Gasteiger partial charge in [-0.3, -0.25) is 4.79 Å². The van der Waals surface area contributed by atoms with Crippen LogP contribution in [0.1, 0.15) is 18.4 Å². The maximum absolute atomic E-state index is 13.3. The number of benzene rings is 2. The van der Waals surface area contributed by atoms with E-state index in [1.807, 2.05) is 25.1 Å². The molecule has 1 saturated heterocycles. The molecule has 1 aliphatic rings. The van der Waals surface area contributed by atoms with Crippen molar-refractivity contribution >= 4 is 34.5 Å². The molecule has 1 aliphatic heterocycles. The van der Waals surface area contributed by atoms with Crippen molar-refractivity contribution in [3.63, 3.8) is 0 Å². The molecular formula is C25H23ClFN5O. The molecule has 0 radical (unpaired) electrons. The van der Waals surface area contributed by atoms with E-state index in [-0.39, 0.29) is 17.6 Å². The topological polar surface area (TPSA) is 62.5 Å². The third-order valence-corrected chi connectivity index (χ3v) is 6.52. The maximum Gasteiger partial charge on any atom is 0.227 e. The molecule has 8 heteroatoms. The third-order valence-electron chi connectivity index (χ3n) is 6.11. The van der Waals surface area contributed by atoms with Crippen molar-refractivity contribution in [1.29, 1.82) is 0 Å². The monoisotopic (exact) mass is 463 g/mol. The molecular weight excluding hydrogens is 441 g/mol. The highest BCUT2D eigenvalue weighted by Crippen LogP contribution is 2.29. The van der Waals surface area contributed by atoms with Crippen LogP contribution in [0, 0.1) is 18.7 Å². The number of nitrogens with zero attached hydrogens (tertiary/aromatic N) is 4. The molecule has 1 fully saturated rings. The number of hydrogen-bond acceptors (Lipinski definition) is 4. The van der Waals surface area contributed by atoms with Crippen LogP contribution in [0.2, 0.25) is 5.02 Å². The van der Waals surface area contributed by atoms with Gasteiger partial charge in [0.2, 0.25) is 5.91 Å². The van der Waals surface area contributed by atoms with Gasteiger partial charge in [0.25, 0.3) is 0 Å². The quantitative estimate of drug-likeness (QED) is 0.443. The average molecular weight is 464 g/mol. The summed E-state index contributed by atoms with van der Waals surface area (Å²) < 4.78 is 15.1. The molecule has 2 aromatic carbocycles. The lowest BCUT2D eigenvalue weighted by Gasteiger charge is -2.32. The molecule has 1 amide bonds. The van der Waals surface area contributed by atoms with Crippen LogP contribution in [-0.4, -0.2) is 33.6 Å². The highest BCUT2D eigenvalue weighted by atomic mass is 35.5. The standard InChI is InChI=1S/C25H23ClFN5O/c1-16-2-7-20(14-21(16)26)29-25(33)18-8-11-31(12-9-18)24-23-15-22(30-32(23)13-10-28-24)17-3-5-19(27)6-4-17/h2-7,10,13-15,18H,8-9,11-12H2,1H3,(H,29,33). The number of halogens is 2. The largest absolute Gasteiger partial charge is 0.355 e. The second-order valence-electron chi connectivity index (χ2n) is 8.33. The van der Waals surface area contributed by atoms with E-state index in [0.29, 0.717) is 5.02 Å². The summed E-state index contributed by atoms with van der Waals surface area (Å²) in [5.41, 5.74) is 4.19. The van der Waals surface area contributed by atoms with Crippen molar-refractivity contribution in [2.45, 2.75) is 19.8 Å². The predicted molar refractivity (Wildman–Crippen MR) is 128 cm³/mol. The van der Waals surface area contributed by atoms with Crippen LogP contribution < -0.4 is 10.2 Å². The molecule has 4 aromatic rings. The average Bonchev–Trinajstić information content (AvgIpc) is 3.26. The van der Waals surface area contributed by atoms with Crippen LogP contribution in [0.5, 0.6) is 0 Å². The second kappa shape index (κ2) is 8.83. The Morgan fingerprint density at radius 1 is 1.12 bits per heavy atom.